The third kappa shape index (κ3) is 3.55. The Hall–Kier alpha value is -1.57. The molecule has 0 atom stereocenters. The lowest BCUT2D eigenvalue weighted by Crippen LogP contribution is -2.19. The Morgan fingerprint density at radius 3 is 2.67 bits per heavy atom. The SMILES string of the molecule is CCNCc1ccccc1NS(=O)(=O)c1c(Cl)cnn1C. The lowest BCUT2D eigenvalue weighted by Gasteiger charge is -2.13. The summed E-state index contributed by atoms with van der Waals surface area (Å²) in [6.45, 7) is 3.37. The number of nitrogens with zero attached hydrogens (tertiary/aromatic N) is 2. The average Bonchev–Trinajstić information content (AvgIpc) is 2.77. The molecule has 8 heteroatoms. The van der Waals surface area contributed by atoms with Crippen molar-refractivity contribution in [3.05, 3.63) is 41.0 Å². The van der Waals surface area contributed by atoms with E-state index in [0.29, 0.717) is 12.2 Å². The van der Waals surface area contributed by atoms with E-state index in [0.717, 1.165) is 12.1 Å². The quantitative estimate of drug-likeness (QED) is 0.850. The number of aryl methyl sites for hydroxylation is 1. The van der Waals surface area contributed by atoms with E-state index in [1.807, 2.05) is 19.1 Å². The van der Waals surface area contributed by atoms with Gasteiger partial charge in [0.25, 0.3) is 10.0 Å². The summed E-state index contributed by atoms with van der Waals surface area (Å²) in [6, 6.07) is 7.22. The molecule has 114 valence electrons. The van der Waals surface area contributed by atoms with Gasteiger partial charge in [-0.3, -0.25) is 9.40 Å². The highest BCUT2D eigenvalue weighted by molar-refractivity contribution is 7.92. The van der Waals surface area contributed by atoms with Crippen molar-refractivity contribution in [2.75, 3.05) is 11.3 Å². The maximum absolute atomic E-state index is 12.5. The monoisotopic (exact) mass is 328 g/mol. The van der Waals surface area contributed by atoms with E-state index in [1.54, 1.807) is 12.1 Å². The van der Waals surface area contributed by atoms with E-state index in [-0.39, 0.29) is 10.0 Å². The van der Waals surface area contributed by atoms with Crippen LogP contribution in [0.25, 0.3) is 0 Å². The summed E-state index contributed by atoms with van der Waals surface area (Å²) < 4.78 is 28.7. The lowest BCUT2D eigenvalue weighted by atomic mass is 10.2. The molecular weight excluding hydrogens is 312 g/mol. The highest BCUT2D eigenvalue weighted by Crippen LogP contribution is 2.24. The molecule has 1 aromatic heterocycles. The van der Waals surface area contributed by atoms with E-state index in [2.05, 4.69) is 15.1 Å². The molecule has 2 aromatic rings. The number of hydrogen-bond donors (Lipinski definition) is 2. The summed E-state index contributed by atoms with van der Waals surface area (Å²) in [5, 5.41) is 7.06. The van der Waals surface area contributed by atoms with Crippen molar-refractivity contribution >= 4 is 27.3 Å². The van der Waals surface area contributed by atoms with Gasteiger partial charge in [0, 0.05) is 13.6 Å². The van der Waals surface area contributed by atoms with Gasteiger partial charge >= 0.3 is 0 Å². The first kappa shape index (κ1) is 15.8. The molecule has 0 amide bonds. The van der Waals surface area contributed by atoms with E-state index in [4.69, 9.17) is 11.6 Å². The van der Waals surface area contributed by atoms with Gasteiger partial charge < -0.3 is 5.32 Å². The van der Waals surface area contributed by atoms with Crippen LogP contribution >= 0.6 is 11.6 Å². The van der Waals surface area contributed by atoms with Crippen LogP contribution in [0.1, 0.15) is 12.5 Å². The number of para-hydroxylation sites is 1. The van der Waals surface area contributed by atoms with Crippen molar-refractivity contribution in [1.82, 2.24) is 15.1 Å². The predicted molar refractivity (Wildman–Crippen MR) is 82.8 cm³/mol. The normalized spacial score (nSPS) is 11.6. The summed E-state index contributed by atoms with van der Waals surface area (Å²) in [4.78, 5) is 0. The van der Waals surface area contributed by atoms with Gasteiger partial charge in [-0.25, -0.2) is 0 Å². The molecule has 0 fully saturated rings. The molecular formula is C13H17ClN4O2S. The highest BCUT2D eigenvalue weighted by Gasteiger charge is 2.23. The van der Waals surface area contributed by atoms with E-state index in [1.165, 1.54) is 17.9 Å². The van der Waals surface area contributed by atoms with Gasteiger partial charge in [-0.2, -0.15) is 13.5 Å². The smallest absolute Gasteiger partial charge is 0.280 e. The minimum atomic E-state index is -3.79. The zero-order valence-electron chi connectivity index (χ0n) is 11.8. The van der Waals surface area contributed by atoms with Crippen LogP contribution in [0.15, 0.2) is 35.5 Å². The fourth-order valence-electron chi connectivity index (χ4n) is 1.93. The number of aromatic nitrogens is 2. The first-order valence-corrected chi connectivity index (χ1v) is 8.30. The van der Waals surface area contributed by atoms with Crippen LogP contribution in [-0.4, -0.2) is 24.7 Å². The second-order valence-electron chi connectivity index (χ2n) is 4.46. The summed E-state index contributed by atoms with van der Waals surface area (Å²) in [7, 11) is -2.26. The molecule has 2 N–H and O–H groups in total. The first-order valence-electron chi connectivity index (χ1n) is 6.44. The first-order chi connectivity index (χ1) is 9.95. The predicted octanol–water partition coefficient (Wildman–Crippen LogP) is 1.98. The maximum Gasteiger partial charge on any atom is 0.280 e. The van der Waals surface area contributed by atoms with Gasteiger partial charge in [0.05, 0.1) is 16.9 Å². The van der Waals surface area contributed by atoms with Crippen molar-refractivity contribution in [1.29, 1.82) is 0 Å². The Kier molecular flexibility index (Phi) is 4.87. The second-order valence-corrected chi connectivity index (χ2v) is 6.47. The average molecular weight is 329 g/mol. The molecule has 1 heterocycles. The number of anilines is 1. The van der Waals surface area contributed by atoms with E-state index >= 15 is 0 Å². The number of hydrogen-bond acceptors (Lipinski definition) is 4. The van der Waals surface area contributed by atoms with Gasteiger partial charge in [-0.05, 0) is 18.2 Å². The van der Waals surface area contributed by atoms with Crippen molar-refractivity contribution in [2.45, 2.75) is 18.5 Å². The Morgan fingerprint density at radius 2 is 2.05 bits per heavy atom. The van der Waals surface area contributed by atoms with Crippen LogP contribution in [0.5, 0.6) is 0 Å². The summed E-state index contributed by atoms with van der Waals surface area (Å²) in [5.74, 6) is 0. The van der Waals surface area contributed by atoms with Gasteiger partial charge in [0.15, 0.2) is 5.03 Å². The molecule has 1 aromatic carbocycles. The third-order valence-corrected chi connectivity index (χ3v) is 4.79. The lowest BCUT2D eigenvalue weighted by molar-refractivity contribution is 0.582. The van der Waals surface area contributed by atoms with E-state index in [9.17, 15) is 8.42 Å². The van der Waals surface area contributed by atoms with Crippen LogP contribution in [-0.2, 0) is 23.6 Å². The van der Waals surface area contributed by atoms with Gasteiger partial charge in [0.1, 0.15) is 0 Å². The van der Waals surface area contributed by atoms with Crippen molar-refractivity contribution < 1.29 is 8.42 Å². The van der Waals surface area contributed by atoms with Crippen LogP contribution < -0.4 is 10.0 Å². The molecule has 0 saturated carbocycles. The molecule has 0 aliphatic rings. The molecule has 21 heavy (non-hydrogen) atoms. The van der Waals surface area contributed by atoms with Gasteiger partial charge in [0.2, 0.25) is 0 Å². The summed E-state index contributed by atoms with van der Waals surface area (Å²) in [6.07, 6.45) is 1.31. The molecule has 6 nitrogen and oxygen atoms in total. The maximum atomic E-state index is 12.5. The Labute approximate surface area is 129 Å². The fourth-order valence-corrected chi connectivity index (χ4v) is 3.69. The highest BCUT2D eigenvalue weighted by atomic mass is 35.5. The van der Waals surface area contributed by atoms with Crippen LogP contribution in [0.2, 0.25) is 5.02 Å². The third-order valence-electron chi connectivity index (χ3n) is 2.92. The Bertz CT molecular complexity index is 708. The number of nitrogens with one attached hydrogen (secondary N) is 2. The largest absolute Gasteiger partial charge is 0.313 e. The fraction of sp³-hybridized carbons (Fsp3) is 0.308. The molecule has 2 rings (SSSR count). The zero-order valence-corrected chi connectivity index (χ0v) is 13.4. The molecule has 0 radical (unpaired) electrons. The molecule has 0 saturated heterocycles. The number of sulfonamides is 1. The second kappa shape index (κ2) is 6.46. The molecule has 0 unspecified atom stereocenters. The standard InChI is InChI=1S/C13H17ClN4O2S/c1-3-15-8-10-6-4-5-7-12(10)17-21(19,20)13-11(14)9-16-18(13)2/h4-7,9,15,17H,3,8H2,1-2H3. The summed E-state index contributed by atoms with van der Waals surface area (Å²) in [5.41, 5.74) is 1.39. The topological polar surface area (TPSA) is 76.0 Å². The minimum absolute atomic E-state index is 0.0533. The number of benzene rings is 1. The van der Waals surface area contributed by atoms with Crippen LogP contribution in [0.4, 0.5) is 5.69 Å². The molecule has 0 spiro atoms. The van der Waals surface area contributed by atoms with Crippen LogP contribution in [0, 0.1) is 0 Å². The Morgan fingerprint density at radius 1 is 1.33 bits per heavy atom. The Balaban J connectivity index is 2.33. The van der Waals surface area contributed by atoms with Crippen molar-refractivity contribution in [2.24, 2.45) is 7.05 Å². The number of halogens is 1. The minimum Gasteiger partial charge on any atom is -0.313 e. The van der Waals surface area contributed by atoms with Crippen LogP contribution in [0.3, 0.4) is 0 Å². The van der Waals surface area contributed by atoms with Crippen molar-refractivity contribution in [3.8, 4) is 0 Å². The molecule has 0 aliphatic heterocycles. The zero-order chi connectivity index (χ0) is 15.5. The number of rotatable bonds is 6. The van der Waals surface area contributed by atoms with Crippen molar-refractivity contribution in [3.63, 3.8) is 0 Å². The van der Waals surface area contributed by atoms with Gasteiger partial charge in [-0.1, -0.05) is 36.7 Å². The van der Waals surface area contributed by atoms with Gasteiger partial charge in [-0.15, -0.1) is 0 Å². The van der Waals surface area contributed by atoms with E-state index < -0.39 is 10.0 Å². The molecule has 0 bridgehead atoms. The summed E-state index contributed by atoms with van der Waals surface area (Å²) >= 11 is 5.90. The molecule has 0 aliphatic carbocycles.